The molecule has 25 heavy (non-hydrogen) atoms. The number of anilines is 1. The van der Waals surface area contributed by atoms with Crippen molar-refractivity contribution in [2.45, 2.75) is 32.2 Å². The summed E-state index contributed by atoms with van der Waals surface area (Å²) < 4.78 is 13.1. The average molecular weight is 340 g/mol. The number of carbonyl (C=O) groups is 1. The van der Waals surface area contributed by atoms with Crippen LogP contribution in [0.3, 0.4) is 0 Å². The molecule has 0 saturated heterocycles. The number of hydrogen-bond acceptors (Lipinski definition) is 4. The maximum absolute atomic E-state index is 13.1. The highest BCUT2D eigenvalue weighted by Crippen LogP contribution is 2.48. The van der Waals surface area contributed by atoms with Gasteiger partial charge < -0.3 is 10.2 Å². The van der Waals surface area contributed by atoms with Gasteiger partial charge in [-0.2, -0.15) is 5.10 Å². The van der Waals surface area contributed by atoms with Gasteiger partial charge in [0, 0.05) is 32.0 Å². The summed E-state index contributed by atoms with van der Waals surface area (Å²) in [5.74, 6) is 0.961. The van der Waals surface area contributed by atoms with Crippen molar-refractivity contribution in [3.63, 3.8) is 0 Å². The second-order valence-corrected chi connectivity index (χ2v) is 6.74. The van der Waals surface area contributed by atoms with Crippen LogP contribution in [0.2, 0.25) is 0 Å². The minimum atomic E-state index is -0.238. The number of fused-ring (bicyclic) bond motifs is 1. The highest BCUT2D eigenvalue weighted by molar-refractivity contribution is 5.83. The molecule has 1 aromatic carbocycles. The summed E-state index contributed by atoms with van der Waals surface area (Å²) in [5, 5.41) is 11.6. The molecule has 2 aromatic rings. The molecule has 0 unspecified atom stereocenters. The molecule has 6 heteroatoms. The summed E-state index contributed by atoms with van der Waals surface area (Å²) in [7, 11) is 0. The Morgan fingerprint density at radius 2 is 2.12 bits per heavy atom. The van der Waals surface area contributed by atoms with Gasteiger partial charge in [0.15, 0.2) is 0 Å². The van der Waals surface area contributed by atoms with E-state index in [1.807, 2.05) is 17.9 Å². The SMILES string of the molecule is CCNc1cc2c(nn1)CCN(C(=O)[C@H]1C[C@H]1c1ccc(F)cc1)C2. The van der Waals surface area contributed by atoms with Crippen LogP contribution in [-0.4, -0.2) is 34.1 Å². The van der Waals surface area contributed by atoms with E-state index >= 15 is 0 Å². The first-order valence-electron chi connectivity index (χ1n) is 8.79. The number of amides is 1. The van der Waals surface area contributed by atoms with Crippen LogP contribution in [0.4, 0.5) is 10.2 Å². The van der Waals surface area contributed by atoms with Crippen molar-refractivity contribution in [1.82, 2.24) is 15.1 Å². The van der Waals surface area contributed by atoms with Crippen LogP contribution in [-0.2, 0) is 17.8 Å². The van der Waals surface area contributed by atoms with Crippen molar-refractivity contribution < 1.29 is 9.18 Å². The van der Waals surface area contributed by atoms with Crippen LogP contribution in [0.15, 0.2) is 30.3 Å². The Hall–Kier alpha value is -2.50. The van der Waals surface area contributed by atoms with Gasteiger partial charge in [0.2, 0.25) is 5.91 Å². The number of benzene rings is 1. The smallest absolute Gasteiger partial charge is 0.226 e. The van der Waals surface area contributed by atoms with E-state index in [-0.39, 0.29) is 23.6 Å². The van der Waals surface area contributed by atoms with Gasteiger partial charge in [-0.15, -0.1) is 5.10 Å². The Bertz CT molecular complexity index is 793. The first-order chi connectivity index (χ1) is 12.2. The summed E-state index contributed by atoms with van der Waals surface area (Å²) in [6.07, 6.45) is 1.60. The number of hydrogen-bond donors (Lipinski definition) is 1. The summed E-state index contributed by atoms with van der Waals surface area (Å²) in [4.78, 5) is 14.8. The molecule has 1 aromatic heterocycles. The van der Waals surface area contributed by atoms with Crippen LogP contribution in [0.1, 0.15) is 36.1 Å². The Morgan fingerprint density at radius 1 is 1.32 bits per heavy atom. The molecule has 1 aliphatic carbocycles. The minimum Gasteiger partial charge on any atom is -0.369 e. The lowest BCUT2D eigenvalue weighted by atomic mass is 10.0. The van der Waals surface area contributed by atoms with E-state index < -0.39 is 0 Å². The van der Waals surface area contributed by atoms with Gasteiger partial charge in [0.1, 0.15) is 11.6 Å². The lowest BCUT2D eigenvalue weighted by Gasteiger charge is -2.28. The summed E-state index contributed by atoms with van der Waals surface area (Å²) in [5.41, 5.74) is 3.11. The zero-order chi connectivity index (χ0) is 17.4. The molecular weight excluding hydrogens is 319 g/mol. The molecule has 1 fully saturated rings. The van der Waals surface area contributed by atoms with Crippen molar-refractivity contribution in [3.8, 4) is 0 Å². The number of aromatic nitrogens is 2. The summed E-state index contributed by atoms with van der Waals surface area (Å²) >= 11 is 0. The fourth-order valence-corrected chi connectivity index (χ4v) is 3.57. The van der Waals surface area contributed by atoms with Crippen molar-refractivity contribution in [2.24, 2.45) is 5.92 Å². The molecule has 1 amide bonds. The molecule has 130 valence electrons. The first kappa shape index (κ1) is 16.0. The second kappa shape index (κ2) is 6.43. The summed E-state index contributed by atoms with van der Waals surface area (Å²) in [6.45, 7) is 4.08. The van der Waals surface area contributed by atoms with Gasteiger partial charge >= 0.3 is 0 Å². The van der Waals surface area contributed by atoms with E-state index in [2.05, 4.69) is 15.5 Å². The molecule has 2 atom stereocenters. The van der Waals surface area contributed by atoms with Crippen molar-refractivity contribution in [3.05, 3.63) is 53.0 Å². The van der Waals surface area contributed by atoms with Crippen LogP contribution < -0.4 is 5.32 Å². The van der Waals surface area contributed by atoms with E-state index in [0.29, 0.717) is 13.1 Å². The lowest BCUT2D eigenvalue weighted by Crippen LogP contribution is -2.37. The fourth-order valence-electron chi connectivity index (χ4n) is 3.57. The minimum absolute atomic E-state index is 0.0232. The van der Waals surface area contributed by atoms with Gasteiger partial charge in [-0.05, 0) is 48.6 Å². The second-order valence-electron chi connectivity index (χ2n) is 6.74. The van der Waals surface area contributed by atoms with Gasteiger partial charge in [-0.1, -0.05) is 12.1 Å². The highest BCUT2D eigenvalue weighted by atomic mass is 19.1. The largest absolute Gasteiger partial charge is 0.369 e. The van der Waals surface area contributed by atoms with E-state index in [0.717, 1.165) is 42.0 Å². The van der Waals surface area contributed by atoms with Crippen molar-refractivity contribution in [1.29, 1.82) is 0 Å². The fraction of sp³-hybridized carbons (Fsp3) is 0.421. The predicted octanol–water partition coefficient (Wildman–Crippen LogP) is 2.74. The van der Waals surface area contributed by atoms with Crippen LogP contribution >= 0.6 is 0 Å². The Labute approximate surface area is 146 Å². The first-order valence-corrected chi connectivity index (χ1v) is 8.79. The maximum Gasteiger partial charge on any atom is 0.226 e. The standard InChI is InChI=1S/C19H21FN4O/c1-2-21-18-9-13-11-24(8-7-17(13)22-23-18)19(25)16-10-15(16)12-3-5-14(20)6-4-12/h3-6,9,15-16H,2,7-8,10-11H2,1H3,(H,21,23)/t15-,16-/m0/s1. The Morgan fingerprint density at radius 3 is 2.88 bits per heavy atom. The zero-order valence-electron chi connectivity index (χ0n) is 14.2. The molecule has 1 saturated carbocycles. The predicted molar refractivity (Wildman–Crippen MR) is 92.6 cm³/mol. The summed E-state index contributed by atoms with van der Waals surface area (Å²) in [6, 6.07) is 8.50. The number of rotatable bonds is 4. The number of carbonyl (C=O) groups excluding carboxylic acids is 1. The molecule has 2 heterocycles. The maximum atomic E-state index is 13.1. The quantitative estimate of drug-likeness (QED) is 0.930. The van der Waals surface area contributed by atoms with E-state index in [1.54, 1.807) is 12.1 Å². The molecule has 0 radical (unpaired) electrons. The third-order valence-electron chi connectivity index (χ3n) is 5.02. The lowest BCUT2D eigenvalue weighted by molar-refractivity contribution is -0.133. The molecule has 1 N–H and O–H groups in total. The van der Waals surface area contributed by atoms with Gasteiger partial charge in [0.25, 0.3) is 0 Å². The Kier molecular flexibility index (Phi) is 4.11. The Balaban J connectivity index is 1.44. The molecule has 2 aliphatic rings. The van der Waals surface area contributed by atoms with E-state index in [1.165, 1.54) is 12.1 Å². The van der Waals surface area contributed by atoms with Gasteiger partial charge in [-0.25, -0.2) is 4.39 Å². The number of halogens is 1. The zero-order valence-corrected chi connectivity index (χ0v) is 14.2. The van der Waals surface area contributed by atoms with Crippen LogP contribution in [0.25, 0.3) is 0 Å². The third-order valence-corrected chi connectivity index (χ3v) is 5.02. The molecule has 0 spiro atoms. The van der Waals surface area contributed by atoms with Gasteiger partial charge in [0.05, 0.1) is 5.69 Å². The normalized spacial score (nSPS) is 21.6. The molecule has 5 nitrogen and oxygen atoms in total. The van der Waals surface area contributed by atoms with Crippen LogP contribution in [0.5, 0.6) is 0 Å². The number of nitrogens with one attached hydrogen (secondary N) is 1. The monoisotopic (exact) mass is 340 g/mol. The van der Waals surface area contributed by atoms with Crippen molar-refractivity contribution >= 4 is 11.7 Å². The average Bonchev–Trinajstić information content (AvgIpc) is 3.42. The van der Waals surface area contributed by atoms with Crippen LogP contribution in [0, 0.1) is 11.7 Å². The van der Waals surface area contributed by atoms with E-state index in [4.69, 9.17) is 0 Å². The number of nitrogens with zero attached hydrogens (tertiary/aromatic N) is 3. The van der Waals surface area contributed by atoms with Gasteiger partial charge in [-0.3, -0.25) is 4.79 Å². The van der Waals surface area contributed by atoms with E-state index in [9.17, 15) is 9.18 Å². The molecule has 1 aliphatic heterocycles. The molecule has 0 bridgehead atoms. The molecular formula is C19H21FN4O. The van der Waals surface area contributed by atoms with Crippen molar-refractivity contribution in [2.75, 3.05) is 18.4 Å². The molecule has 4 rings (SSSR count). The highest BCUT2D eigenvalue weighted by Gasteiger charge is 2.46. The third kappa shape index (κ3) is 3.21. The topological polar surface area (TPSA) is 58.1 Å².